The number of aliphatic imine (C=N–C) groups is 1. The molecule has 0 saturated carbocycles. The Morgan fingerprint density at radius 2 is 2.06 bits per heavy atom. The zero-order chi connectivity index (χ0) is 12.7. The largest absolute Gasteiger partial charge is 0.493 e. The third kappa shape index (κ3) is 1.54. The third-order valence-electron chi connectivity index (χ3n) is 3.16. The van der Waals surface area contributed by atoms with Crippen LogP contribution >= 0.6 is 0 Å². The van der Waals surface area contributed by atoms with Gasteiger partial charge >= 0.3 is 0 Å². The van der Waals surface area contributed by atoms with Crippen LogP contribution in [-0.4, -0.2) is 20.9 Å². The Morgan fingerprint density at radius 1 is 1.28 bits per heavy atom. The van der Waals surface area contributed by atoms with Crippen LogP contribution in [0.15, 0.2) is 29.3 Å². The van der Waals surface area contributed by atoms with E-state index in [9.17, 15) is 5.11 Å². The Bertz CT molecular complexity index is 680. The molecule has 2 aromatic rings. The number of para-hydroxylation sites is 1. The van der Waals surface area contributed by atoms with Crippen molar-refractivity contribution in [3.05, 3.63) is 41.3 Å². The highest BCUT2D eigenvalue weighted by Gasteiger charge is 2.14. The maximum absolute atomic E-state index is 9.94. The van der Waals surface area contributed by atoms with Gasteiger partial charge in [0.2, 0.25) is 5.88 Å². The lowest BCUT2D eigenvalue weighted by atomic mass is 10.1. The predicted octanol–water partition coefficient (Wildman–Crippen LogP) is 2.69. The number of aryl methyl sites for hydroxylation is 1. The van der Waals surface area contributed by atoms with Crippen LogP contribution in [0, 0.1) is 6.92 Å². The number of fused-ring (bicyclic) bond motifs is 1. The Kier molecular flexibility index (Phi) is 2.30. The molecule has 0 aliphatic carbocycles. The summed E-state index contributed by atoms with van der Waals surface area (Å²) >= 11 is 0. The first-order valence-corrected chi connectivity index (χ1v) is 5.74. The summed E-state index contributed by atoms with van der Waals surface area (Å²) in [6.45, 7) is 1.86. The zero-order valence-corrected chi connectivity index (χ0v) is 10.3. The standard InChI is InChI=1S/C14H13N3O/c1-9-16-13(14(18)17(9)2)7-10-8-15-12-6-4-3-5-11(10)12/h3-8,18H,1-2H3/b10-7-. The highest BCUT2D eigenvalue weighted by molar-refractivity contribution is 6.21. The number of nitrogens with zero attached hydrogens (tertiary/aromatic N) is 3. The highest BCUT2D eigenvalue weighted by atomic mass is 16.3. The summed E-state index contributed by atoms with van der Waals surface area (Å²) in [6.07, 6.45) is 3.66. The first-order chi connectivity index (χ1) is 8.66. The fraction of sp³-hybridized carbons (Fsp3) is 0.143. The monoisotopic (exact) mass is 239 g/mol. The molecule has 1 aliphatic heterocycles. The van der Waals surface area contributed by atoms with E-state index in [0.717, 1.165) is 22.6 Å². The Hall–Kier alpha value is -2.36. The first-order valence-electron chi connectivity index (χ1n) is 5.74. The van der Waals surface area contributed by atoms with Crippen LogP contribution < -0.4 is 0 Å². The minimum atomic E-state index is 0.179. The van der Waals surface area contributed by atoms with E-state index in [1.807, 2.05) is 37.3 Å². The lowest BCUT2D eigenvalue weighted by molar-refractivity contribution is 0.429. The second kappa shape index (κ2) is 3.84. The zero-order valence-electron chi connectivity index (χ0n) is 10.3. The minimum absolute atomic E-state index is 0.179. The summed E-state index contributed by atoms with van der Waals surface area (Å²) in [5.74, 6) is 0.959. The Labute approximate surface area is 105 Å². The molecule has 1 aliphatic rings. The summed E-state index contributed by atoms with van der Waals surface area (Å²) in [5.41, 5.74) is 3.57. The molecule has 4 nitrogen and oxygen atoms in total. The van der Waals surface area contributed by atoms with E-state index in [-0.39, 0.29) is 5.88 Å². The van der Waals surface area contributed by atoms with Gasteiger partial charge in [-0.25, -0.2) is 4.98 Å². The van der Waals surface area contributed by atoms with E-state index in [1.54, 1.807) is 17.8 Å². The fourth-order valence-corrected chi connectivity index (χ4v) is 2.02. The fourth-order valence-electron chi connectivity index (χ4n) is 2.02. The van der Waals surface area contributed by atoms with Gasteiger partial charge in [0.25, 0.3) is 0 Å². The highest BCUT2D eigenvalue weighted by Crippen LogP contribution is 2.33. The molecule has 4 heteroatoms. The van der Waals surface area contributed by atoms with Gasteiger partial charge < -0.3 is 9.67 Å². The van der Waals surface area contributed by atoms with Gasteiger partial charge in [0, 0.05) is 24.4 Å². The van der Waals surface area contributed by atoms with Gasteiger partial charge in [-0.3, -0.25) is 4.99 Å². The van der Waals surface area contributed by atoms with E-state index in [2.05, 4.69) is 9.98 Å². The number of hydrogen-bond donors (Lipinski definition) is 1. The number of aromatic hydroxyl groups is 1. The molecule has 0 amide bonds. The predicted molar refractivity (Wildman–Crippen MR) is 72.1 cm³/mol. The van der Waals surface area contributed by atoms with Gasteiger partial charge in [-0.05, 0) is 19.1 Å². The summed E-state index contributed by atoms with van der Waals surface area (Å²) < 4.78 is 1.66. The van der Waals surface area contributed by atoms with Crippen molar-refractivity contribution in [2.75, 3.05) is 0 Å². The molecular weight excluding hydrogens is 226 g/mol. The van der Waals surface area contributed by atoms with Gasteiger partial charge in [-0.15, -0.1) is 0 Å². The Balaban J connectivity index is 2.09. The normalized spacial score (nSPS) is 15.3. The number of allylic oxidation sites excluding steroid dienone is 1. The van der Waals surface area contributed by atoms with Crippen LogP contribution in [0.4, 0.5) is 5.69 Å². The Morgan fingerprint density at radius 3 is 2.78 bits per heavy atom. The SMILES string of the molecule is Cc1nc(/C=C2/C=Nc3ccccc32)c(O)n1C. The van der Waals surface area contributed by atoms with Gasteiger partial charge in [-0.1, -0.05) is 18.2 Å². The van der Waals surface area contributed by atoms with Crippen molar-refractivity contribution in [3.63, 3.8) is 0 Å². The maximum atomic E-state index is 9.94. The first kappa shape index (κ1) is 10.8. The van der Waals surface area contributed by atoms with Crippen LogP contribution in [0.3, 0.4) is 0 Å². The average Bonchev–Trinajstić information content (AvgIpc) is 2.89. The van der Waals surface area contributed by atoms with Crippen LogP contribution in [0.2, 0.25) is 0 Å². The summed E-state index contributed by atoms with van der Waals surface area (Å²) in [7, 11) is 1.79. The van der Waals surface area contributed by atoms with E-state index < -0.39 is 0 Å². The summed E-state index contributed by atoms with van der Waals surface area (Å²) in [5, 5.41) is 9.94. The van der Waals surface area contributed by atoms with E-state index >= 15 is 0 Å². The molecule has 1 N–H and O–H groups in total. The molecule has 1 aromatic carbocycles. The molecule has 3 rings (SSSR count). The van der Waals surface area contributed by atoms with Crippen molar-refractivity contribution < 1.29 is 5.11 Å². The summed E-state index contributed by atoms with van der Waals surface area (Å²) in [4.78, 5) is 8.65. The van der Waals surface area contributed by atoms with Gasteiger partial charge in [0.1, 0.15) is 11.5 Å². The van der Waals surface area contributed by atoms with Gasteiger partial charge in [0.15, 0.2) is 0 Å². The van der Waals surface area contributed by atoms with Crippen molar-refractivity contribution >= 4 is 23.6 Å². The minimum Gasteiger partial charge on any atom is -0.493 e. The molecule has 1 aromatic heterocycles. The van der Waals surface area contributed by atoms with Crippen LogP contribution in [0.25, 0.3) is 11.6 Å². The molecule has 0 radical (unpaired) electrons. The molecule has 0 atom stereocenters. The van der Waals surface area contributed by atoms with Crippen molar-refractivity contribution in [1.29, 1.82) is 0 Å². The lowest BCUT2D eigenvalue weighted by Crippen LogP contribution is -1.89. The average molecular weight is 239 g/mol. The molecule has 0 spiro atoms. The second-order valence-electron chi connectivity index (χ2n) is 4.30. The quantitative estimate of drug-likeness (QED) is 0.831. The maximum Gasteiger partial charge on any atom is 0.218 e. The lowest BCUT2D eigenvalue weighted by Gasteiger charge is -1.98. The third-order valence-corrected chi connectivity index (χ3v) is 3.16. The molecule has 0 unspecified atom stereocenters. The number of imidazole rings is 1. The summed E-state index contributed by atoms with van der Waals surface area (Å²) in [6, 6.07) is 7.92. The smallest absolute Gasteiger partial charge is 0.218 e. The topological polar surface area (TPSA) is 50.4 Å². The number of rotatable bonds is 1. The van der Waals surface area contributed by atoms with Crippen LogP contribution in [0.1, 0.15) is 17.1 Å². The van der Waals surface area contributed by atoms with Crippen molar-refractivity contribution in [2.45, 2.75) is 6.92 Å². The number of benzene rings is 1. The molecule has 90 valence electrons. The van der Waals surface area contributed by atoms with Crippen LogP contribution in [-0.2, 0) is 7.05 Å². The molecule has 2 heterocycles. The van der Waals surface area contributed by atoms with E-state index in [0.29, 0.717) is 5.69 Å². The van der Waals surface area contributed by atoms with Gasteiger partial charge in [0.05, 0.1) is 5.69 Å². The number of aromatic nitrogens is 2. The molecule has 0 saturated heterocycles. The van der Waals surface area contributed by atoms with Crippen molar-refractivity contribution in [1.82, 2.24) is 9.55 Å². The molecule has 0 fully saturated rings. The van der Waals surface area contributed by atoms with Crippen molar-refractivity contribution in [2.24, 2.45) is 12.0 Å². The second-order valence-corrected chi connectivity index (χ2v) is 4.30. The number of hydrogen-bond acceptors (Lipinski definition) is 3. The van der Waals surface area contributed by atoms with Crippen molar-refractivity contribution in [3.8, 4) is 5.88 Å². The van der Waals surface area contributed by atoms with Gasteiger partial charge in [-0.2, -0.15) is 0 Å². The van der Waals surface area contributed by atoms with Crippen LogP contribution in [0.5, 0.6) is 5.88 Å². The van der Waals surface area contributed by atoms with E-state index in [4.69, 9.17) is 0 Å². The molecule has 18 heavy (non-hydrogen) atoms. The molecule has 0 bridgehead atoms. The molecular formula is C14H13N3O. The van der Waals surface area contributed by atoms with E-state index in [1.165, 1.54) is 0 Å².